The number of para-hydroxylation sites is 1. The van der Waals surface area contributed by atoms with Crippen molar-refractivity contribution >= 4 is 15.5 Å². The Hall–Kier alpha value is -1.82. The number of piperidine rings is 1. The molecule has 22 heavy (non-hydrogen) atoms. The van der Waals surface area contributed by atoms with Gasteiger partial charge in [0.15, 0.2) is 9.84 Å². The van der Waals surface area contributed by atoms with E-state index in [9.17, 15) is 8.42 Å². The lowest BCUT2D eigenvalue weighted by atomic mass is 10.1. The summed E-state index contributed by atoms with van der Waals surface area (Å²) in [5.74, 6) is 0.125. The van der Waals surface area contributed by atoms with E-state index < -0.39 is 9.84 Å². The molecule has 1 atom stereocenters. The molecule has 5 nitrogen and oxygen atoms in total. The van der Waals surface area contributed by atoms with Crippen LogP contribution in [0.25, 0.3) is 0 Å². The van der Waals surface area contributed by atoms with Crippen LogP contribution in [0.1, 0.15) is 25.8 Å². The zero-order valence-electron chi connectivity index (χ0n) is 12.7. The smallest absolute Gasteiger partial charge is 0.180 e. The first kappa shape index (κ1) is 15.1. The van der Waals surface area contributed by atoms with Crippen LogP contribution in [0.2, 0.25) is 0 Å². The van der Waals surface area contributed by atoms with Crippen LogP contribution in [0, 0.1) is 0 Å². The lowest BCUT2D eigenvalue weighted by Crippen LogP contribution is -2.37. The molecule has 118 valence electrons. The highest BCUT2D eigenvalue weighted by atomic mass is 32.2. The molecule has 6 heteroatoms. The molecule has 1 aromatic carbocycles. The predicted octanol–water partition coefficient (Wildman–Crippen LogP) is 2.52. The standard InChI is InChI=1S/C16H21N3O2S/c1-2-22(20,21)16-9-4-3-8-15(16)18-11-5-7-14(13-18)19-12-6-10-17-19/h3-4,6,8-10,12,14H,2,5,7,11,13H2,1H3. The quantitative estimate of drug-likeness (QED) is 0.869. The topological polar surface area (TPSA) is 55.2 Å². The van der Waals surface area contributed by atoms with Gasteiger partial charge in [0.05, 0.1) is 22.4 Å². The van der Waals surface area contributed by atoms with Crippen LogP contribution in [0.15, 0.2) is 47.6 Å². The summed E-state index contributed by atoms with van der Waals surface area (Å²) in [6.45, 7) is 3.36. The Morgan fingerprint density at radius 2 is 2.09 bits per heavy atom. The predicted molar refractivity (Wildman–Crippen MR) is 86.9 cm³/mol. The van der Waals surface area contributed by atoms with E-state index in [1.54, 1.807) is 25.3 Å². The van der Waals surface area contributed by atoms with Gasteiger partial charge >= 0.3 is 0 Å². The van der Waals surface area contributed by atoms with Gasteiger partial charge < -0.3 is 4.90 Å². The molecule has 0 saturated carbocycles. The van der Waals surface area contributed by atoms with Gasteiger partial charge in [-0.15, -0.1) is 0 Å². The molecule has 1 fully saturated rings. The van der Waals surface area contributed by atoms with Crippen molar-refractivity contribution in [2.24, 2.45) is 0 Å². The summed E-state index contributed by atoms with van der Waals surface area (Å²) < 4.78 is 26.6. The molecule has 0 aliphatic carbocycles. The largest absolute Gasteiger partial charge is 0.368 e. The van der Waals surface area contributed by atoms with Crippen LogP contribution in [0.5, 0.6) is 0 Å². The fourth-order valence-corrected chi connectivity index (χ4v) is 4.14. The number of aromatic nitrogens is 2. The molecule has 0 spiro atoms. The van der Waals surface area contributed by atoms with E-state index >= 15 is 0 Å². The van der Waals surface area contributed by atoms with E-state index in [0.29, 0.717) is 10.9 Å². The number of rotatable bonds is 4. The van der Waals surface area contributed by atoms with Gasteiger partial charge in [0.25, 0.3) is 0 Å². The minimum atomic E-state index is -3.21. The van der Waals surface area contributed by atoms with Gasteiger partial charge in [-0.3, -0.25) is 4.68 Å². The maximum atomic E-state index is 12.3. The number of sulfone groups is 1. The Kier molecular flexibility index (Phi) is 4.20. The van der Waals surface area contributed by atoms with Crippen LogP contribution >= 0.6 is 0 Å². The van der Waals surface area contributed by atoms with Crippen molar-refractivity contribution in [2.45, 2.75) is 30.7 Å². The van der Waals surface area contributed by atoms with Gasteiger partial charge in [0.1, 0.15) is 0 Å². The molecule has 1 aromatic heterocycles. The molecule has 0 bridgehead atoms. The summed E-state index contributed by atoms with van der Waals surface area (Å²) in [5.41, 5.74) is 0.821. The molecule has 3 rings (SSSR count). The van der Waals surface area contributed by atoms with Crippen LogP contribution < -0.4 is 4.90 Å². The molecule has 2 aromatic rings. The second kappa shape index (κ2) is 6.12. The van der Waals surface area contributed by atoms with Crippen molar-refractivity contribution in [3.05, 3.63) is 42.7 Å². The highest BCUT2D eigenvalue weighted by Crippen LogP contribution is 2.31. The van der Waals surface area contributed by atoms with E-state index in [-0.39, 0.29) is 5.75 Å². The van der Waals surface area contributed by atoms with Crippen molar-refractivity contribution in [3.8, 4) is 0 Å². The van der Waals surface area contributed by atoms with Gasteiger partial charge in [-0.05, 0) is 31.0 Å². The molecule has 0 N–H and O–H groups in total. The van der Waals surface area contributed by atoms with Crippen LogP contribution in [-0.4, -0.2) is 37.0 Å². The number of benzene rings is 1. The first-order valence-electron chi connectivity index (χ1n) is 7.67. The van der Waals surface area contributed by atoms with E-state index in [1.807, 2.05) is 29.1 Å². The van der Waals surface area contributed by atoms with E-state index in [1.165, 1.54) is 0 Å². The zero-order valence-corrected chi connectivity index (χ0v) is 13.5. The van der Waals surface area contributed by atoms with Crippen LogP contribution in [0.4, 0.5) is 5.69 Å². The maximum Gasteiger partial charge on any atom is 0.180 e. The zero-order chi connectivity index (χ0) is 15.6. The highest BCUT2D eigenvalue weighted by Gasteiger charge is 2.26. The van der Waals surface area contributed by atoms with E-state index in [4.69, 9.17) is 0 Å². The van der Waals surface area contributed by atoms with Crippen molar-refractivity contribution < 1.29 is 8.42 Å². The Labute approximate surface area is 131 Å². The number of hydrogen-bond donors (Lipinski definition) is 0. The third-order valence-corrected chi connectivity index (χ3v) is 5.99. The maximum absolute atomic E-state index is 12.3. The van der Waals surface area contributed by atoms with Crippen molar-refractivity contribution in [1.29, 1.82) is 0 Å². The molecule has 0 radical (unpaired) electrons. The summed E-state index contributed by atoms with van der Waals surface area (Å²) in [7, 11) is -3.21. The Morgan fingerprint density at radius 1 is 1.27 bits per heavy atom. The Bertz CT molecular complexity index is 726. The van der Waals surface area contributed by atoms with Crippen molar-refractivity contribution in [1.82, 2.24) is 9.78 Å². The monoisotopic (exact) mass is 319 g/mol. The van der Waals surface area contributed by atoms with Crippen LogP contribution in [-0.2, 0) is 9.84 Å². The minimum absolute atomic E-state index is 0.125. The average Bonchev–Trinajstić information content (AvgIpc) is 3.09. The third-order valence-electron chi connectivity index (χ3n) is 4.22. The van der Waals surface area contributed by atoms with Gasteiger partial charge in [-0.1, -0.05) is 19.1 Å². The second-order valence-electron chi connectivity index (χ2n) is 5.60. The summed E-state index contributed by atoms with van der Waals surface area (Å²) >= 11 is 0. The van der Waals surface area contributed by atoms with Gasteiger partial charge in [-0.2, -0.15) is 5.10 Å². The number of nitrogens with zero attached hydrogens (tertiary/aromatic N) is 3. The fraction of sp³-hybridized carbons (Fsp3) is 0.438. The second-order valence-corrected chi connectivity index (χ2v) is 7.85. The van der Waals surface area contributed by atoms with Gasteiger partial charge in [0, 0.05) is 25.5 Å². The van der Waals surface area contributed by atoms with Crippen molar-refractivity contribution in [2.75, 3.05) is 23.7 Å². The lowest BCUT2D eigenvalue weighted by Gasteiger charge is -2.35. The molecular formula is C16H21N3O2S. The summed E-state index contributed by atoms with van der Waals surface area (Å²) in [6, 6.07) is 9.54. The van der Waals surface area contributed by atoms with Gasteiger partial charge in [-0.25, -0.2) is 8.42 Å². The van der Waals surface area contributed by atoms with Crippen molar-refractivity contribution in [3.63, 3.8) is 0 Å². The molecule has 1 aliphatic heterocycles. The first-order valence-corrected chi connectivity index (χ1v) is 9.33. The molecule has 1 unspecified atom stereocenters. The van der Waals surface area contributed by atoms with E-state index in [0.717, 1.165) is 31.6 Å². The van der Waals surface area contributed by atoms with E-state index in [2.05, 4.69) is 10.00 Å². The summed E-state index contributed by atoms with van der Waals surface area (Å²) in [5, 5.41) is 4.33. The Balaban J connectivity index is 1.91. The lowest BCUT2D eigenvalue weighted by molar-refractivity contribution is 0.375. The number of anilines is 1. The molecular weight excluding hydrogens is 298 g/mol. The molecule has 1 saturated heterocycles. The molecule has 1 aliphatic rings. The normalized spacial score (nSPS) is 19.3. The SMILES string of the molecule is CCS(=O)(=O)c1ccccc1N1CCCC(n2cccn2)C1. The average molecular weight is 319 g/mol. The minimum Gasteiger partial charge on any atom is -0.368 e. The fourth-order valence-electron chi connectivity index (χ4n) is 3.02. The highest BCUT2D eigenvalue weighted by molar-refractivity contribution is 7.91. The van der Waals surface area contributed by atoms with Crippen LogP contribution in [0.3, 0.4) is 0 Å². The Morgan fingerprint density at radius 3 is 2.82 bits per heavy atom. The molecule has 0 amide bonds. The first-order chi connectivity index (χ1) is 10.6. The summed E-state index contributed by atoms with van der Waals surface area (Å²) in [4.78, 5) is 2.62. The summed E-state index contributed by atoms with van der Waals surface area (Å²) in [6.07, 6.45) is 5.86. The third kappa shape index (κ3) is 2.88. The van der Waals surface area contributed by atoms with Gasteiger partial charge in [0.2, 0.25) is 0 Å². The molecule has 2 heterocycles. The number of hydrogen-bond acceptors (Lipinski definition) is 4.